The summed E-state index contributed by atoms with van der Waals surface area (Å²) in [6.45, 7) is 2.17. The second-order valence-corrected chi connectivity index (χ2v) is 6.49. The molecule has 1 fully saturated rings. The Morgan fingerprint density at radius 2 is 2.11 bits per heavy atom. The number of nitrogens with zero attached hydrogens (tertiary/aromatic N) is 5. The van der Waals surface area contributed by atoms with Crippen molar-refractivity contribution in [3.63, 3.8) is 0 Å². The average molecular weight is 367 g/mol. The maximum atomic E-state index is 12.5. The lowest BCUT2D eigenvalue weighted by Crippen LogP contribution is -2.42. The number of amides is 1. The van der Waals surface area contributed by atoms with Crippen LogP contribution < -0.4 is 4.74 Å². The first-order valence-corrected chi connectivity index (χ1v) is 8.91. The Hall–Kier alpha value is -3.00. The number of benzene rings is 2. The Morgan fingerprint density at radius 1 is 1.26 bits per heavy atom. The number of aromatic nitrogens is 4. The quantitative estimate of drug-likeness (QED) is 0.684. The first kappa shape index (κ1) is 17.4. The molecule has 1 saturated heterocycles. The van der Waals surface area contributed by atoms with Crippen molar-refractivity contribution in [3.8, 4) is 5.75 Å². The summed E-state index contributed by atoms with van der Waals surface area (Å²) in [4.78, 5) is 14.4. The minimum absolute atomic E-state index is 0.0873. The van der Waals surface area contributed by atoms with Gasteiger partial charge in [0.2, 0.25) is 5.91 Å². The molecule has 140 valence electrons. The summed E-state index contributed by atoms with van der Waals surface area (Å²) in [6.07, 6.45) is 1.76. The molecule has 0 radical (unpaired) electrons. The van der Waals surface area contributed by atoms with Crippen molar-refractivity contribution in [1.82, 2.24) is 25.1 Å². The van der Waals surface area contributed by atoms with E-state index in [0.29, 0.717) is 32.7 Å². The maximum absolute atomic E-state index is 12.5. The minimum Gasteiger partial charge on any atom is -0.497 e. The minimum atomic E-state index is -0.123. The zero-order valence-electron chi connectivity index (χ0n) is 15.1. The summed E-state index contributed by atoms with van der Waals surface area (Å²) < 4.78 is 12.8. The Balaban J connectivity index is 1.44. The fraction of sp³-hybridized carbons (Fsp3) is 0.368. The Morgan fingerprint density at radius 3 is 2.93 bits per heavy atom. The number of carbonyl (C=O) groups excluding carboxylic acids is 1. The standard InChI is InChI=1S/C19H21N5O3/c1-26-17-5-4-14-10-16(3-2-15(14)11-17)18-12-23(8-9-27-18)19(25)6-7-24-13-20-21-22-24/h2-5,10-11,13,18H,6-9,12H2,1H3/t18-/m0/s1. The summed E-state index contributed by atoms with van der Waals surface area (Å²) in [7, 11) is 1.66. The van der Waals surface area contributed by atoms with E-state index < -0.39 is 0 Å². The monoisotopic (exact) mass is 367 g/mol. The van der Waals surface area contributed by atoms with Crippen LogP contribution in [0.4, 0.5) is 0 Å². The van der Waals surface area contributed by atoms with Crippen LogP contribution >= 0.6 is 0 Å². The van der Waals surface area contributed by atoms with E-state index in [1.807, 2.05) is 23.1 Å². The summed E-state index contributed by atoms with van der Waals surface area (Å²) in [6, 6.07) is 12.2. The van der Waals surface area contributed by atoms with Gasteiger partial charge >= 0.3 is 0 Å². The fourth-order valence-electron chi connectivity index (χ4n) is 3.30. The highest BCUT2D eigenvalue weighted by Crippen LogP contribution is 2.28. The van der Waals surface area contributed by atoms with Crippen LogP contribution in [0.1, 0.15) is 18.1 Å². The molecule has 1 aliphatic heterocycles. The van der Waals surface area contributed by atoms with Gasteiger partial charge in [0.15, 0.2) is 0 Å². The number of tetrazole rings is 1. The number of carbonyl (C=O) groups is 1. The van der Waals surface area contributed by atoms with Gasteiger partial charge in [0.05, 0.1) is 26.8 Å². The number of fused-ring (bicyclic) bond motifs is 1. The molecule has 27 heavy (non-hydrogen) atoms. The van der Waals surface area contributed by atoms with E-state index in [-0.39, 0.29) is 12.0 Å². The van der Waals surface area contributed by atoms with Gasteiger partial charge in [-0.05, 0) is 45.0 Å². The van der Waals surface area contributed by atoms with Gasteiger partial charge < -0.3 is 14.4 Å². The topological polar surface area (TPSA) is 82.4 Å². The Bertz CT molecular complexity index is 928. The Kier molecular flexibility index (Phi) is 4.97. The number of methoxy groups -OCH3 is 1. The normalized spacial score (nSPS) is 17.2. The zero-order valence-corrected chi connectivity index (χ0v) is 15.1. The van der Waals surface area contributed by atoms with E-state index in [2.05, 4.69) is 33.7 Å². The molecule has 0 unspecified atom stereocenters. The summed E-state index contributed by atoms with van der Waals surface area (Å²) >= 11 is 0. The molecule has 4 rings (SSSR count). The third kappa shape index (κ3) is 3.90. The van der Waals surface area contributed by atoms with E-state index >= 15 is 0 Å². The molecule has 0 saturated carbocycles. The van der Waals surface area contributed by atoms with E-state index in [4.69, 9.17) is 9.47 Å². The van der Waals surface area contributed by atoms with Gasteiger partial charge in [0, 0.05) is 13.0 Å². The van der Waals surface area contributed by atoms with Gasteiger partial charge in [-0.2, -0.15) is 0 Å². The van der Waals surface area contributed by atoms with Crippen molar-refractivity contribution >= 4 is 16.7 Å². The van der Waals surface area contributed by atoms with E-state index in [1.165, 1.54) is 6.33 Å². The highest BCUT2D eigenvalue weighted by Gasteiger charge is 2.25. The number of ether oxygens (including phenoxy) is 2. The second kappa shape index (κ2) is 7.71. The number of hydrogen-bond acceptors (Lipinski definition) is 6. The van der Waals surface area contributed by atoms with E-state index in [0.717, 1.165) is 22.1 Å². The summed E-state index contributed by atoms with van der Waals surface area (Å²) in [5, 5.41) is 13.2. The molecule has 1 atom stereocenters. The molecule has 0 N–H and O–H groups in total. The molecule has 0 spiro atoms. The van der Waals surface area contributed by atoms with Crippen molar-refractivity contribution in [2.75, 3.05) is 26.8 Å². The first-order valence-electron chi connectivity index (χ1n) is 8.91. The molecule has 8 nitrogen and oxygen atoms in total. The van der Waals surface area contributed by atoms with Gasteiger partial charge in [0.25, 0.3) is 0 Å². The molecular formula is C19H21N5O3. The predicted octanol–water partition coefficient (Wildman–Crippen LogP) is 1.83. The highest BCUT2D eigenvalue weighted by atomic mass is 16.5. The number of hydrogen-bond donors (Lipinski definition) is 0. The van der Waals surface area contributed by atoms with Gasteiger partial charge in [0.1, 0.15) is 18.2 Å². The molecule has 0 aliphatic carbocycles. The molecule has 8 heteroatoms. The van der Waals surface area contributed by atoms with Crippen LogP contribution in [0.5, 0.6) is 5.75 Å². The maximum Gasteiger partial charge on any atom is 0.224 e. The number of aryl methyl sites for hydroxylation is 1. The van der Waals surface area contributed by atoms with Gasteiger partial charge in [-0.15, -0.1) is 5.10 Å². The van der Waals surface area contributed by atoms with Crippen molar-refractivity contribution in [2.24, 2.45) is 0 Å². The van der Waals surface area contributed by atoms with Crippen LogP contribution in [0.25, 0.3) is 10.8 Å². The molecule has 1 aromatic heterocycles. The first-order chi connectivity index (χ1) is 13.2. The molecule has 0 bridgehead atoms. The largest absolute Gasteiger partial charge is 0.497 e. The zero-order chi connectivity index (χ0) is 18.6. The third-order valence-electron chi connectivity index (χ3n) is 4.81. The average Bonchev–Trinajstić information content (AvgIpc) is 3.25. The van der Waals surface area contributed by atoms with E-state index in [1.54, 1.807) is 11.8 Å². The van der Waals surface area contributed by atoms with Crippen molar-refractivity contribution in [1.29, 1.82) is 0 Å². The number of morpholine rings is 1. The van der Waals surface area contributed by atoms with Gasteiger partial charge in [-0.25, -0.2) is 4.68 Å². The van der Waals surface area contributed by atoms with Crippen molar-refractivity contribution in [3.05, 3.63) is 48.3 Å². The van der Waals surface area contributed by atoms with Crippen molar-refractivity contribution < 1.29 is 14.3 Å². The second-order valence-electron chi connectivity index (χ2n) is 6.49. The lowest BCUT2D eigenvalue weighted by Gasteiger charge is -2.33. The third-order valence-corrected chi connectivity index (χ3v) is 4.81. The molecule has 1 aliphatic rings. The van der Waals surface area contributed by atoms with Crippen LogP contribution in [0, 0.1) is 0 Å². The SMILES string of the molecule is COc1ccc2cc([C@@H]3CN(C(=O)CCn4cnnn4)CCO3)ccc2c1. The van der Waals surface area contributed by atoms with Crippen LogP contribution in [-0.2, 0) is 16.1 Å². The predicted molar refractivity (Wildman–Crippen MR) is 98.2 cm³/mol. The van der Waals surface area contributed by atoms with Crippen LogP contribution in [0.3, 0.4) is 0 Å². The summed E-state index contributed by atoms with van der Waals surface area (Å²) in [5.41, 5.74) is 1.07. The molecule has 2 aromatic carbocycles. The number of rotatable bonds is 5. The van der Waals surface area contributed by atoms with Crippen molar-refractivity contribution in [2.45, 2.75) is 19.1 Å². The smallest absolute Gasteiger partial charge is 0.224 e. The molecule has 3 aromatic rings. The molecular weight excluding hydrogens is 346 g/mol. The molecule has 2 heterocycles. The van der Waals surface area contributed by atoms with Crippen LogP contribution in [0.2, 0.25) is 0 Å². The Labute approximate surface area is 156 Å². The lowest BCUT2D eigenvalue weighted by molar-refractivity contribution is -0.139. The fourth-order valence-corrected chi connectivity index (χ4v) is 3.30. The lowest BCUT2D eigenvalue weighted by atomic mass is 10.0. The van der Waals surface area contributed by atoms with Crippen LogP contribution in [-0.4, -0.2) is 57.8 Å². The summed E-state index contributed by atoms with van der Waals surface area (Å²) in [5.74, 6) is 0.924. The van der Waals surface area contributed by atoms with Gasteiger partial charge in [-0.3, -0.25) is 4.79 Å². The van der Waals surface area contributed by atoms with E-state index in [9.17, 15) is 4.79 Å². The van der Waals surface area contributed by atoms with Crippen LogP contribution in [0.15, 0.2) is 42.7 Å². The van der Waals surface area contributed by atoms with Gasteiger partial charge in [-0.1, -0.05) is 18.2 Å². The molecule has 1 amide bonds. The highest BCUT2D eigenvalue weighted by molar-refractivity contribution is 5.84.